The van der Waals surface area contributed by atoms with Crippen molar-refractivity contribution in [2.45, 2.75) is 38.0 Å². The number of fused-ring (bicyclic) bond motifs is 13. The quantitative estimate of drug-likeness (QED) is 0.121. The maximum Gasteiger partial charge on any atom is 0.0726 e. The molecular weight excluding hydrogens is 711 g/mol. The summed E-state index contributed by atoms with van der Waals surface area (Å²) in [5.74, 6) is 2.95. The van der Waals surface area contributed by atoms with Gasteiger partial charge in [-0.25, -0.2) is 0 Å². The zero-order valence-electron chi connectivity index (χ0n) is 33.6. The van der Waals surface area contributed by atoms with Gasteiger partial charge in [0.1, 0.15) is 0 Å². The first-order valence-corrected chi connectivity index (χ1v) is 20.7. The van der Waals surface area contributed by atoms with E-state index in [0.29, 0.717) is 0 Å². The lowest BCUT2D eigenvalue weighted by Gasteiger charge is -2.32. The minimum absolute atomic E-state index is 0.142. The molecule has 0 aromatic heterocycles. The van der Waals surface area contributed by atoms with Crippen molar-refractivity contribution < 1.29 is 0 Å². The monoisotopic (exact) mass is 753 g/mol. The largest absolute Gasteiger partial charge is 0.310 e. The van der Waals surface area contributed by atoms with E-state index in [4.69, 9.17) is 6.42 Å². The number of hydrogen-bond acceptors (Lipinski definition) is 1. The van der Waals surface area contributed by atoms with E-state index in [9.17, 15) is 0 Å². The Balaban J connectivity index is 1.15. The van der Waals surface area contributed by atoms with Gasteiger partial charge in [-0.2, -0.15) is 0 Å². The number of benzene rings is 7. The summed E-state index contributed by atoms with van der Waals surface area (Å²) in [5.41, 5.74) is 23.2. The van der Waals surface area contributed by atoms with Crippen LogP contribution in [0.5, 0.6) is 0 Å². The van der Waals surface area contributed by atoms with Crippen LogP contribution in [0.15, 0.2) is 199 Å². The van der Waals surface area contributed by atoms with Gasteiger partial charge in [-0.05, 0) is 128 Å². The Morgan fingerprint density at radius 2 is 1.15 bits per heavy atom. The Bertz CT molecular complexity index is 3020. The molecule has 11 rings (SSSR count). The van der Waals surface area contributed by atoms with E-state index in [2.05, 4.69) is 195 Å². The van der Waals surface area contributed by atoms with Gasteiger partial charge in [-0.1, -0.05) is 171 Å². The Hall–Kier alpha value is -7.14. The van der Waals surface area contributed by atoms with Crippen LogP contribution in [0.3, 0.4) is 0 Å². The second-order valence-electron chi connectivity index (χ2n) is 16.6. The second-order valence-corrected chi connectivity index (χ2v) is 16.6. The number of rotatable bonds is 6. The molecule has 0 heterocycles. The van der Waals surface area contributed by atoms with Gasteiger partial charge in [-0.15, -0.1) is 6.42 Å². The van der Waals surface area contributed by atoms with Crippen molar-refractivity contribution in [3.63, 3.8) is 0 Å². The molecule has 0 saturated heterocycles. The molecule has 59 heavy (non-hydrogen) atoms. The predicted octanol–water partition coefficient (Wildman–Crippen LogP) is 14.7. The zero-order chi connectivity index (χ0) is 39.9. The maximum atomic E-state index is 6.07. The fraction of sp³-hybridized carbons (Fsp3) is 0.103. The number of hydrogen-bond donors (Lipinski definition) is 0. The third kappa shape index (κ3) is 4.87. The first-order valence-electron chi connectivity index (χ1n) is 20.7. The van der Waals surface area contributed by atoms with Crippen molar-refractivity contribution in [3.8, 4) is 45.7 Å². The van der Waals surface area contributed by atoms with Crippen molar-refractivity contribution in [3.05, 3.63) is 238 Å². The lowest BCUT2D eigenvalue weighted by molar-refractivity contribution is 0.660. The third-order valence-corrected chi connectivity index (χ3v) is 13.4. The number of anilines is 3. The highest BCUT2D eigenvalue weighted by Crippen LogP contribution is 2.65. The third-order valence-electron chi connectivity index (χ3n) is 13.4. The van der Waals surface area contributed by atoms with E-state index in [1.54, 1.807) is 0 Å². The Kier molecular flexibility index (Phi) is 7.84. The minimum atomic E-state index is -0.431. The van der Waals surface area contributed by atoms with Gasteiger partial charge in [0.05, 0.1) is 11.1 Å². The summed E-state index contributed by atoms with van der Waals surface area (Å²) in [4.78, 5) is 2.50. The average Bonchev–Trinajstić information content (AvgIpc) is 4.02. The van der Waals surface area contributed by atoms with Gasteiger partial charge in [0.2, 0.25) is 0 Å². The van der Waals surface area contributed by atoms with E-state index in [-0.39, 0.29) is 5.41 Å². The molecule has 0 amide bonds. The normalized spacial score (nSPS) is 15.8. The topological polar surface area (TPSA) is 3.24 Å². The Labute approximate surface area is 348 Å². The van der Waals surface area contributed by atoms with Crippen molar-refractivity contribution in [1.82, 2.24) is 0 Å². The van der Waals surface area contributed by atoms with Crippen LogP contribution in [-0.4, -0.2) is 0 Å². The summed E-state index contributed by atoms with van der Waals surface area (Å²) in [6, 6.07) is 59.3. The lowest BCUT2D eigenvalue weighted by Crippen LogP contribution is -2.26. The van der Waals surface area contributed by atoms with Crippen molar-refractivity contribution in [1.29, 1.82) is 0 Å². The van der Waals surface area contributed by atoms with E-state index in [1.807, 2.05) is 25.2 Å². The van der Waals surface area contributed by atoms with E-state index >= 15 is 0 Å². The summed E-state index contributed by atoms with van der Waals surface area (Å²) in [6.45, 7) is 6.75. The average molecular weight is 754 g/mol. The van der Waals surface area contributed by atoms with Crippen LogP contribution in [0.4, 0.5) is 17.1 Å². The van der Waals surface area contributed by atoms with Gasteiger partial charge in [0.15, 0.2) is 0 Å². The molecule has 1 nitrogen and oxygen atoms in total. The van der Waals surface area contributed by atoms with Gasteiger partial charge >= 0.3 is 0 Å². The molecule has 0 radical (unpaired) electrons. The zero-order valence-corrected chi connectivity index (χ0v) is 33.6. The summed E-state index contributed by atoms with van der Waals surface area (Å²) in [5, 5.41) is 0. The first-order chi connectivity index (χ1) is 29.0. The van der Waals surface area contributed by atoms with E-state index in [1.165, 1.54) is 83.6 Å². The summed E-state index contributed by atoms with van der Waals surface area (Å²) < 4.78 is 0. The lowest BCUT2D eigenvalue weighted by atomic mass is 9.70. The van der Waals surface area contributed by atoms with Crippen molar-refractivity contribution in [2.75, 3.05) is 4.90 Å². The van der Waals surface area contributed by atoms with Gasteiger partial charge in [0.25, 0.3) is 0 Å². The molecule has 0 atom stereocenters. The second kappa shape index (κ2) is 13.2. The van der Waals surface area contributed by atoms with Crippen LogP contribution in [0.2, 0.25) is 0 Å². The minimum Gasteiger partial charge on any atom is -0.310 e. The summed E-state index contributed by atoms with van der Waals surface area (Å²) >= 11 is 0. The van der Waals surface area contributed by atoms with Gasteiger partial charge in [0, 0.05) is 27.9 Å². The molecule has 0 saturated carbocycles. The van der Waals surface area contributed by atoms with Crippen molar-refractivity contribution >= 4 is 22.6 Å². The molecule has 7 aromatic carbocycles. The number of terminal acetylenes is 1. The fourth-order valence-electron chi connectivity index (χ4n) is 10.8. The SMILES string of the molecule is C#C/C(=C\C=C/C)C1=C(c2ccc(N(c3ccc4c(c3)C(C)(C)c3ccccc3-4)c3cccc4c3-c3ccccc3C43c4ccccc4-c4ccccc43)cc2)C=CC1. The molecule has 0 unspecified atom stereocenters. The molecule has 280 valence electrons. The molecule has 4 aliphatic carbocycles. The van der Waals surface area contributed by atoms with Crippen LogP contribution >= 0.6 is 0 Å². The maximum absolute atomic E-state index is 6.07. The smallest absolute Gasteiger partial charge is 0.0726 e. The first kappa shape index (κ1) is 35.1. The van der Waals surface area contributed by atoms with E-state index < -0.39 is 5.41 Å². The highest BCUT2D eigenvalue weighted by Gasteiger charge is 2.52. The summed E-state index contributed by atoms with van der Waals surface area (Å²) in [6.07, 6.45) is 17.4. The van der Waals surface area contributed by atoms with Crippen LogP contribution < -0.4 is 4.90 Å². The van der Waals surface area contributed by atoms with Crippen LogP contribution in [0.1, 0.15) is 66.1 Å². The highest BCUT2D eigenvalue weighted by atomic mass is 15.1. The number of nitrogens with zero attached hydrogens (tertiary/aromatic N) is 1. The van der Waals surface area contributed by atoms with Gasteiger partial charge < -0.3 is 4.90 Å². The number of allylic oxidation sites excluding steroid dienone is 8. The molecule has 0 fully saturated rings. The van der Waals surface area contributed by atoms with Crippen LogP contribution in [0, 0.1) is 12.3 Å². The standard InChI is InChI=1S/C58H43N/c1-5-7-18-38(6-2)42-23-16-24-43(42)39-31-33-40(34-32-39)59(41-35-36-47-44-19-8-12-25-49(44)57(3,4)54(47)37-41)55-30-17-29-53-56(55)48-22-11-15-28-52(48)58(53)50-26-13-9-20-45(50)46-21-10-14-27-51(46)58/h2,5,7-22,24-37H,23H2,1,3-4H3/b7-5-,38-18+. The molecule has 4 aliphatic rings. The Morgan fingerprint density at radius 3 is 1.81 bits per heavy atom. The Morgan fingerprint density at radius 1 is 0.593 bits per heavy atom. The molecule has 7 aromatic rings. The van der Waals surface area contributed by atoms with E-state index in [0.717, 1.165) is 28.9 Å². The summed E-state index contributed by atoms with van der Waals surface area (Å²) in [7, 11) is 0. The molecular formula is C58H43N. The van der Waals surface area contributed by atoms with Gasteiger partial charge in [-0.3, -0.25) is 0 Å². The fourth-order valence-corrected chi connectivity index (χ4v) is 10.8. The van der Waals surface area contributed by atoms with Crippen molar-refractivity contribution in [2.24, 2.45) is 0 Å². The molecule has 0 aliphatic heterocycles. The predicted molar refractivity (Wildman–Crippen MR) is 247 cm³/mol. The molecule has 0 N–H and O–H groups in total. The molecule has 1 spiro atoms. The van der Waals surface area contributed by atoms with Crippen LogP contribution in [0.25, 0.3) is 39.0 Å². The molecule has 1 heteroatoms. The van der Waals surface area contributed by atoms with Crippen LogP contribution in [-0.2, 0) is 10.8 Å². The highest BCUT2D eigenvalue weighted by molar-refractivity contribution is 6.01. The molecule has 0 bridgehead atoms.